The number of imidazole rings is 1. The van der Waals surface area contributed by atoms with Crippen molar-refractivity contribution in [1.82, 2.24) is 18.7 Å². The Morgan fingerprint density at radius 2 is 1.64 bits per heavy atom. The lowest BCUT2D eigenvalue weighted by molar-refractivity contribution is 0.0600. The molecular weight excluding hydrogens is 499 g/mol. The van der Waals surface area contributed by atoms with Crippen molar-refractivity contribution in [3.05, 3.63) is 128 Å². The van der Waals surface area contributed by atoms with Crippen molar-refractivity contribution < 1.29 is 13.9 Å². The van der Waals surface area contributed by atoms with E-state index in [-0.39, 0.29) is 29.8 Å². The van der Waals surface area contributed by atoms with Gasteiger partial charge < -0.3 is 9.30 Å². The maximum absolute atomic E-state index is 14.5. The average molecular weight is 527 g/mol. The number of hydrogen-bond acceptors (Lipinski definition) is 5. The van der Waals surface area contributed by atoms with Crippen molar-refractivity contribution in [2.45, 2.75) is 32.9 Å². The fourth-order valence-electron chi connectivity index (χ4n) is 4.54. The van der Waals surface area contributed by atoms with Crippen LogP contribution < -0.4 is 11.2 Å². The molecule has 0 N–H and O–H groups in total. The zero-order valence-electron chi connectivity index (χ0n) is 21.8. The van der Waals surface area contributed by atoms with Gasteiger partial charge in [0, 0.05) is 12.1 Å². The molecule has 0 saturated carbocycles. The molecule has 5 aromatic rings. The quantitative estimate of drug-likeness (QED) is 0.292. The molecule has 39 heavy (non-hydrogen) atoms. The van der Waals surface area contributed by atoms with E-state index in [2.05, 4.69) is 18.8 Å². The van der Waals surface area contributed by atoms with Crippen LogP contribution in [0, 0.1) is 5.82 Å². The summed E-state index contributed by atoms with van der Waals surface area (Å²) in [6.45, 7) is 4.18. The smallest absolute Gasteiger partial charge is 0.337 e. The summed E-state index contributed by atoms with van der Waals surface area (Å²) in [6.07, 6.45) is 1.51. The first-order valence-corrected chi connectivity index (χ1v) is 12.5. The van der Waals surface area contributed by atoms with E-state index in [9.17, 15) is 18.8 Å². The van der Waals surface area contributed by atoms with Gasteiger partial charge >= 0.3 is 11.7 Å². The summed E-state index contributed by atoms with van der Waals surface area (Å²) in [5, 5.41) is 0. The maximum atomic E-state index is 14.5. The van der Waals surface area contributed by atoms with Crippen LogP contribution in [0.2, 0.25) is 0 Å². The number of benzene rings is 3. The molecule has 0 spiro atoms. The Balaban J connectivity index is 1.68. The Hall–Kier alpha value is -4.79. The third kappa shape index (κ3) is 4.90. The largest absolute Gasteiger partial charge is 0.465 e. The Morgan fingerprint density at radius 3 is 2.28 bits per heavy atom. The fraction of sp³-hybridized carbons (Fsp3) is 0.200. The van der Waals surface area contributed by atoms with Crippen LogP contribution in [0.15, 0.2) is 88.7 Å². The van der Waals surface area contributed by atoms with E-state index < -0.39 is 23.0 Å². The van der Waals surface area contributed by atoms with Gasteiger partial charge in [-0.25, -0.2) is 23.5 Å². The summed E-state index contributed by atoms with van der Waals surface area (Å²) >= 11 is 0. The standard InChI is InChI=1S/C30H27FN4O4/c1-19(2)21-12-14-24(15-13-21)35-27-26(28(36)34(30(35)38)17-23-6-4-5-7-25(23)31)33(18-32-27)16-20-8-10-22(11-9-20)29(37)39-3/h4-15,18-19H,16-17H2,1-3H3. The molecule has 0 aliphatic heterocycles. The highest BCUT2D eigenvalue weighted by atomic mass is 19.1. The number of methoxy groups -OCH3 is 1. The minimum absolute atomic E-state index is 0.205. The number of esters is 1. The van der Waals surface area contributed by atoms with E-state index in [1.54, 1.807) is 47.0 Å². The van der Waals surface area contributed by atoms with Crippen molar-refractivity contribution in [1.29, 1.82) is 0 Å². The molecule has 2 heterocycles. The average Bonchev–Trinajstić information content (AvgIpc) is 3.35. The lowest BCUT2D eigenvalue weighted by atomic mass is 10.0. The van der Waals surface area contributed by atoms with Gasteiger partial charge in [0.1, 0.15) is 5.82 Å². The molecular formula is C30H27FN4O4. The molecule has 198 valence electrons. The predicted octanol–water partition coefficient (Wildman–Crippen LogP) is 4.49. The lowest BCUT2D eigenvalue weighted by Gasteiger charge is -2.14. The van der Waals surface area contributed by atoms with Crippen LogP contribution in [0.5, 0.6) is 0 Å². The molecule has 2 aromatic heterocycles. The molecule has 9 heteroatoms. The van der Waals surface area contributed by atoms with Crippen molar-refractivity contribution >= 4 is 17.1 Å². The maximum Gasteiger partial charge on any atom is 0.337 e. The number of carbonyl (C=O) groups excluding carboxylic acids is 1. The number of carbonyl (C=O) groups is 1. The SMILES string of the molecule is COC(=O)c1ccc(Cn2cnc3c2c(=O)n(Cc2ccccc2F)c(=O)n3-c2ccc(C(C)C)cc2)cc1. The minimum Gasteiger partial charge on any atom is -0.465 e. The minimum atomic E-state index is -0.610. The van der Waals surface area contributed by atoms with Crippen LogP contribution in [-0.4, -0.2) is 31.8 Å². The van der Waals surface area contributed by atoms with E-state index in [0.717, 1.165) is 15.7 Å². The zero-order chi connectivity index (χ0) is 27.7. The highest BCUT2D eigenvalue weighted by molar-refractivity contribution is 5.89. The van der Waals surface area contributed by atoms with Crippen molar-refractivity contribution in [2.75, 3.05) is 7.11 Å². The third-order valence-electron chi connectivity index (χ3n) is 6.73. The van der Waals surface area contributed by atoms with E-state index in [0.29, 0.717) is 17.2 Å². The van der Waals surface area contributed by atoms with E-state index in [4.69, 9.17) is 4.74 Å². The van der Waals surface area contributed by atoms with Gasteiger partial charge in [0.05, 0.1) is 31.2 Å². The molecule has 8 nitrogen and oxygen atoms in total. The summed E-state index contributed by atoms with van der Waals surface area (Å²) in [4.78, 5) is 43.8. The number of rotatable bonds is 7. The summed E-state index contributed by atoms with van der Waals surface area (Å²) in [6, 6.07) is 20.4. The second-order valence-electron chi connectivity index (χ2n) is 9.58. The third-order valence-corrected chi connectivity index (χ3v) is 6.73. The summed E-state index contributed by atoms with van der Waals surface area (Å²) < 4.78 is 23.4. The molecule has 0 saturated heterocycles. The van der Waals surface area contributed by atoms with Gasteiger partial charge in [-0.1, -0.05) is 56.3 Å². The highest BCUT2D eigenvalue weighted by Gasteiger charge is 2.20. The first-order chi connectivity index (χ1) is 18.8. The summed E-state index contributed by atoms with van der Waals surface area (Å²) in [7, 11) is 1.32. The molecule has 3 aromatic carbocycles. The van der Waals surface area contributed by atoms with Gasteiger partial charge in [-0.05, 0) is 47.4 Å². The molecule has 0 bridgehead atoms. The van der Waals surface area contributed by atoms with Gasteiger partial charge in [-0.15, -0.1) is 0 Å². The van der Waals surface area contributed by atoms with Crippen molar-refractivity contribution in [3.8, 4) is 5.69 Å². The number of hydrogen-bond donors (Lipinski definition) is 0. The van der Waals surface area contributed by atoms with Gasteiger partial charge in [0.15, 0.2) is 11.2 Å². The predicted molar refractivity (Wildman–Crippen MR) is 146 cm³/mol. The van der Waals surface area contributed by atoms with Crippen molar-refractivity contribution in [2.24, 2.45) is 0 Å². The van der Waals surface area contributed by atoms with Crippen LogP contribution >= 0.6 is 0 Å². The normalized spacial score (nSPS) is 11.3. The first-order valence-electron chi connectivity index (χ1n) is 12.5. The van der Waals surface area contributed by atoms with Gasteiger partial charge in [-0.3, -0.25) is 9.36 Å². The zero-order valence-corrected chi connectivity index (χ0v) is 21.8. The molecule has 0 fully saturated rings. The second kappa shape index (κ2) is 10.5. The monoisotopic (exact) mass is 526 g/mol. The topological polar surface area (TPSA) is 88.1 Å². The summed E-state index contributed by atoms with van der Waals surface area (Å²) in [5.74, 6) is -0.648. The summed E-state index contributed by atoms with van der Waals surface area (Å²) in [5.41, 5.74) is 2.31. The number of ether oxygens (including phenoxy) is 1. The van der Waals surface area contributed by atoms with Crippen molar-refractivity contribution in [3.63, 3.8) is 0 Å². The Morgan fingerprint density at radius 1 is 0.949 bits per heavy atom. The van der Waals surface area contributed by atoms with Crippen LogP contribution in [0.25, 0.3) is 16.9 Å². The molecule has 0 aliphatic carbocycles. The van der Waals surface area contributed by atoms with Gasteiger partial charge in [-0.2, -0.15) is 0 Å². The molecule has 0 aliphatic rings. The second-order valence-corrected chi connectivity index (χ2v) is 9.58. The molecule has 5 rings (SSSR count). The Bertz CT molecular complexity index is 1780. The number of halogens is 1. The molecule has 0 amide bonds. The lowest BCUT2D eigenvalue weighted by Crippen LogP contribution is -2.40. The Labute approximate surface area is 223 Å². The van der Waals surface area contributed by atoms with Gasteiger partial charge in [0.25, 0.3) is 5.56 Å². The molecule has 0 atom stereocenters. The number of fused-ring (bicyclic) bond motifs is 1. The highest BCUT2D eigenvalue weighted by Crippen LogP contribution is 2.19. The Kier molecular flexibility index (Phi) is 6.98. The molecule has 0 unspecified atom stereocenters. The van der Waals surface area contributed by atoms with E-state index in [1.165, 1.54) is 24.1 Å². The van der Waals surface area contributed by atoms with Gasteiger partial charge in [0.2, 0.25) is 0 Å². The fourth-order valence-corrected chi connectivity index (χ4v) is 4.54. The number of nitrogens with zero attached hydrogens (tertiary/aromatic N) is 4. The van der Waals surface area contributed by atoms with E-state index >= 15 is 0 Å². The van der Waals surface area contributed by atoms with Crippen LogP contribution in [0.1, 0.15) is 46.8 Å². The van der Waals surface area contributed by atoms with Crippen LogP contribution in [0.4, 0.5) is 4.39 Å². The van der Waals surface area contributed by atoms with Crippen LogP contribution in [-0.2, 0) is 17.8 Å². The van der Waals surface area contributed by atoms with E-state index in [1.807, 2.05) is 24.3 Å². The number of aromatic nitrogens is 4. The first kappa shape index (κ1) is 25.8. The van der Waals surface area contributed by atoms with Crippen LogP contribution in [0.3, 0.4) is 0 Å². The molecule has 0 radical (unpaired) electrons.